The molecule has 3 aromatic rings. The number of alkyl halides is 3. The monoisotopic (exact) mass is 398 g/mol. The second-order valence-electron chi connectivity index (χ2n) is 5.55. The Balaban J connectivity index is 1.85. The van der Waals surface area contributed by atoms with Crippen LogP contribution in [0, 0.1) is 5.82 Å². The van der Waals surface area contributed by atoms with Crippen LogP contribution in [0.4, 0.5) is 23.4 Å². The Kier molecular flexibility index (Phi) is 4.88. The van der Waals surface area contributed by atoms with E-state index in [1.54, 1.807) is 0 Å². The van der Waals surface area contributed by atoms with Gasteiger partial charge in [0.2, 0.25) is 0 Å². The molecule has 0 aliphatic carbocycles. The molecule has 0 aliphatic heterocycles. The van der Waals surface area contributed by atoms with Gasteiger partial charge in [0, 0.05) is 29.4 Å². The van der Waals surface area contributed by atoms with E-state index < -0.39 is 23.6 Å². The fraction of sp³-hybridized carbons (Fsp3) is 0.118. The Hall–Kier alpha value is -2.94. The van der Waals surface area contributed by atoms with Crippen LogP contribution in [0.25, 0.3) is 11.3 Å². The van der Waals surface area contributed by atoms with Crippen molar-refractivity contribution in [3.05, 3.63) is 64.7 Å². The first-order valence-electron chi connectivity index (χ1n) is 7.49. The zero-order valence-corrected chi connectivity index (χ0v) is 14.4. The van der Waals surface area contributed by atoms with Crippen LogP contribution in [0.5, 0.6) is 0 Å². The van der Waals surface area contributed by atoms with Crippen molar-refractivity contribution in [3.8, 4) is 11.3 Å². The molecule has 0 saturated carbocycles. The van der Waals surface area contributed by atoms with Crippen molar-refractivity contribution >= 4 is 23.3 Å². The Morgan fingerprint density at radius 1 is 1.19 bits per heavy atom. The van der Waals surface area contributed by atoms with Crippen molar-refractivity contribution in [1.29, 1.82) is 0 Å². The number of nitrogens with one attached hydrogen (secondary N) is 1. The Labute approximate surface area is 155 Å². The first kappa shape index (κ1) is 18.8. The van der Waals surface area contributed by atoms with Crippen molar-refractivity contribution in [1.82, 2.24) is 14.8 Å². The van der Waals surface area contributed by atoms with E-state index in [0.29, 0.717) is 5.02 Å². The minimum atomic E-state index is -4.62. The molecule has 5 nitrogen and oxygen atoms in total. The molecular formula is C17H11ClF4N4O. The summed E-state index contributed by atoms with van der Waals surface area (Å²) in [4.78, 5) is 15.9. The third-order valence-electron chi connectivity index (χ3n) is 3.65. The number of carbonyl (C=O) groups is 1. The van der Waals surface area contributed by atoms with Gasteiger partial charge in [-0.3, -0.25) is 9.48 Å². The normalized spacial score (nSPS) is 11.5. The molecule has 1 amide bonds. The summed E-state index contributed by atoms with van der Waals surface area (Å²) in [5.41, 5.74) is -0.738. The molecule has 10 heteroatoms. The van der Waals surface area contributed by atoms with Gasteiger partial charge >= 0.3 is 6.18 Å². The van der Waals surface area contributed by atoms with Gasteiger partial charge in [-0.2, -0.15) is 18.3 Å². The average molecular weight is 399 g/mol. The highest BCUT2D eigenvalue weighted by molar-refractivity contribution is 6.30. The van der Waals surface area contributed by atoms with Gasteiger partial charge in [-0.05, 0) is 36.4 Å². The van der Waals surface area contributed by atoms with Crippen molar-refractivity contribution in [2.75, 3.05) is 5.32 Å². The van der Waals surface area contributed by atoms with Crippen LogP contribution in [-0.4, -0.2) is 20.7 Å². The lowest BCUT2D eigenvalue weighted by Crippen LogP contribution is -2.14. The zero-order valence-electron chi connectivity index (χ0n) is 13.7. The molecule has 140 valence electrons. The lowest BCUT2D eigenvalue weighted by molar-refractivity contribution is -0.141. The van der Waals surface area contributed by atoms with Crippen LogP contribution >= 0.6 is 11.6 Å². The highest BCUT2D eigenvalue weighted by atomic mass is 35.5. The topological polar surface area (TPSA) is 59.8 Å². The second kappa shape index (κ2) is 6.99. The van der Waals surface area contributed by atoms with Gasteiger partial charge < -0.3 is 5.32 Å². The molecule has 0 unspecified atom stereocenters. The van der Waals surface area contributed by atoms with E-state index in [0.717, 1.165) is 23.0 Å². The summed E-state index contributed by atoms with van der Waals surface area (Å²) in [5.74, 6) is -1.85. The van der Waals surface area contributed by atoms with Gasteiger partial charge in [-0.25, -0.2) is 9.37 Å². The number of aromatic nitrogens is 3. The number of hydrogen-bond acceptors (Lipinski definition) is 3. The van der Waals surface area contributed by atoms with Crippen molar-refractivity contribution < 1.29 is 22.4 Å². The number of halogens is 5. The molecule has 1 N–H and O–H groups in total. The van der Waals surface area contributed by atoms with E-state index in [9.17, 15) is 22.4 Å². The van der Waals surface area contributed by atoms with Gasteiger partial charge in [0.1, 0.15) is 0 Å². The van der Waals surface area contributed by atoms with E-state index in [-0.39, 0.29) is 22.6 Å². The molecule has 0 saturated heterocycles. The fourth-order valence-corrected chi connectivity index (χ4v) is 2.45. The van der Waals surface area contributed by atoms with Crippen LogP contribution in [0.15, 0.2) is 42.6 Å². The van der Waals surface area contributed by atoms with Gasteiger partial charge in [-0.15, -0.1) is 0 Å². The van der Waals surface area contributed by atoms with Gasteiger partial charge in [-0.1, -0.05) is 11.6 Å². The molecule has 1 aromatic carbocycles. The van der Waals surface area contributed by atoms with E-state index in [1.807, 2.05) is 0 Å². The summed E-state index contributed by atoms with van der Waals surface area (Å²) in [5, 5.41) is 6.10. The van der Waals surface area contributed by atoms with Crippen molar-refractivity contribution in [2.45, 2.75) is 6.18 Å². The number of aryl methyl sites for hydroxylation is 1. The third-order valence-corrected chi connectivity index (χ3v) is 3.90. The highest BCUT2D eigenvalue weighted by Crippen LogP contribution is 2.31. The molecule has 0 bridgehead atoms. The number of amides is 1. The minimum absolute atomic E-state index is 0.0318. The van der Waals surface area contributed by atoms with Crippen LogP contribution in [0.2, 0.25) is 5.02 Å². The maximum Gasteiger partial charge on any atom is 0.435 e. The molecule has 3 rings (SSSR count). The summed E-state index contributed by atoms with van der Waals surface area (Å²) in [6.45, 7) is 0. The van der Waals surface area contributed by atoms with Crippen LogP contribution < -0.4 is 5.32 Å². The number of anilines is 1. The van der Waals surface area contributed by atoms with E-state index in [2.05, 4.69) is 15.4 Å². The Bertz CT molecular complexity index is 999. The third kappa shape index (κ3) is 4.08. The molecule has 0 fully saturated rings. The first-order valence-corrected chi connectivity index (χ1v) is 7.87. The van der Waals surface area contributed by atoms with Gasteiger partial charge in [0.25, 0.3) is 5.91 Å². The predicted octanol–water partition coefficient (Wildman–Crippen LogP) is 4.55. The average Bonchev–Trinajstić information content (AvgIpc) is 2.99. The number of pyridine rings is 1. The SMILES string of the molecule is Cn1nc(C(F)(F)F)cc1-c1cnc(NC(=O)c2ccc(Cl)cc2)c(F)c1. The first-order chi connectivity index (χ1) is 12.6. The van der Waals surface area contributed by atoms with Crippen LogP contribution in [0.1, 0.15) is 16.1 Å². The highest BCUT2D eigenvalue weighted by Gasteiger charge is 2.34. The fourth-order valence-electron chi connectivity index (χ4n) is 2.33. The summed E-state index contributed by atoms with van der Waals surface area (Å²) in [7, 11) is 1.30. The minimum Gasteiger partial charge on any atom is -0.304 e. The number of nitrogens with zero attached hydrogens (tertiary/aromatic N) is 3. The maximum absolute atomic E-state index is 14.3. The van der Waals surface area contributed by atoms with Gasteiger partial charge in [0.15, 0.2) is 17.3 Å². The summed E-state index contributed by atoms with van der Waals surface area (Å²) < 4.78 is 53.5. The van der Waals surface area contributed by atoms with E-state index in [4.69, 9.17) is 11.6 Å². The second-order valence-corrected chi connectivity index (χ2v) is 5.99. The molecule has 2 aromatic heterocycles. The largest absolute Gasteiger partial charge is 0.435 e. The maximum atomic E-state index is 14.3. The summed E-state index contributed by atoms with van der Waals surface area (Å²) >= 11 is 5.74. The molecule has 27 heavy (non-hydrogen) atoms. The number of rotatable bonds is 3. The van der Waals surface area contributed by atoms with Crippen molar-refractivity contribution in [3.63, 3.8) is 0 Å². The predicted molar refractivity (Wildman–Crippen MR) is 90.8 cm³/mol. The molecule has 2 heterocycles. The molecule has 0 aliphatic rings. The Morgan fingerprint density at radius 3 is 2.41 bits per heavy atom. The number of carbonyl (C=O) groups excluding carboxylic acids is 1. The van der Waals surface area contributed by atoms with Crippen molar-refractivity contribution in [2.24, 2.45) is 7.05 Å². The number of hydrogen-bond donors (Lipinski definition) is 1. The lowest BCUT2D eigenvalue weighted by Gasteiger charge is -2.08. The lowest BCUT2D eigenvalue weighted by atomic mass is 10.2. The molecule has 0 radical (unpaired) electrons. The summed E-state index contributed by atoms with van der Waals surface area (Å²) in [6.07, 6.45) is -3.47. The quantitative estimate of drug-likeness (QED) is 0.659. The van der Waals surface area contributed by atoms with Gasteiger partial charge in [0.05, 0.1) is 5.69 Å². The van der Waals surface area contributed by atoms with E-state index >= 15 is 0 Å². The summed E-state index contributed by atoms with van der Waals surface area (Å²) in [6, 6.07) is 7.69. The Morgan fingerprint density at radius 2 is 1.85 bits per heavy atom. The zero-order chi connectivity index (χ0) is 19.8. The molecule has 0 atom stereocenters. The standard InChI is InChI=1S/C17H11ClF4N4O/c1-26-13(7-14(25-26)17(20,21)22)10-6-12(19)15(23-8-10)24-16(27)9-2-4-11(18)5-3-9/h2-8H,1H3,(H,23,24,27). The number of benzene rings is 1. The molecular weight excluding hydrogens is 388 g/mol. The molecule has 0 spiro atoms. The van der Waals surface area contributed by atoms with Crippen LogP contribution in [-0.2, 0) is 13.2 Å². The van der Waals surface area contributed by atoms with E-state index in [1.165, 1.54) is 31.3 Å². The van der Waals surface area contributed by atoms with Crippen LogP contribution in [0.3, 0.4) is 0 Å². The smallest absolute Gasteiger partial charge is 0.304 e.